The third-order valence-electron chi connectivity index (χ3n) is 3.30. The van der Waals surface area contributed by atoms with Gasteiger partial charge in [0, 0.05) is 5.56 Å². The summed E-state index contributed by atoms with van der Waals surface area (Å²) in [6, 6.07) is 6.51. The number of ether oxygens (including phenoxy) is 1. The van der Waals surface area contributed by atoms with E-state index >= 15 is 0 Å². The third kappa shape index (κ3) is 3.44. The van der Waals surface area contributed by atoms with Gasteiger partial charge in [0.25, 0.3) is 0 Å². The maximum Gasteiger partial charge on any atom is 0.319 e. The molecular formula is C15H19NO4. The van der Waals surface area contributed by atoms with Gasteiger partial charge < -0.3 is 10.5 Å². The second kappa shape index (κ2) is 6.32. The van der Waals surface area contributed by atoms with E-state index < -0.39 is 17.3 Å². The fourth-order valence-electron chi connectivity index (χ4n) is 1.83. The summed E-state index contributed by atoms with van der Waals surface area (Å²) in [5.41, 5.74) is 5.09. The van der Waals surface area contributed by atoms with E-state index in [1.165, 1.54) is 6.92 Å². The molecule has 0 heterocycles. The zero-order valence-electron chi connectivity index (χ0n) is 11.9. The second-order valence-electron chi connectivity index (χ2n) is 4.85. The lowest BCUT2D eigenvalue weighted by atomic mass is 9.80. The Labute approximate surface area is 118 Å². The lowest BCUT2D eigenvalue weighted by Gasteiger charge is -2.24. The molecule has 1 atom stereocenters. The van der Waals surface area contributed by atoms with Crippen molar-refractivity contribution < 1.29 is 19.1 Å². The molecule has 1 unspecified atom stereocenters. The quantitative estimate of drug-likeness (QED) is 0.630. The first-order chi connectivity index (χ1) is 9.31. The third-order valence-corrected chi connectivity index (χ3v) is 3.30. The molecule has 0 bridgehead atoms. The molecule has 0 aliphatic heterocycles. The van der Waals surface area contributed by atoms with E-state index in [0.717, 1.165) is 5.56 Å². The van der Waals surface area contributed by atoms with Crippen molar-refractivity contribution in [2.45, 2.75) is 27.2 Å². The molecule has 0 aliphatic carbocycles. The molecule has 1 aromatic carbocycles. The standard InChI is InChI=1S/C15H19NO4/c1-4-20-14(19)15(3,10(2)17)9-11-5-7-12(8-6-11)13(16)18/h5-8H,4,9H2,1-3H3,(H2,16,18). The lowest BCUT2D eigenvalue weighted by Crippen LogP contribution is -2.38. The van der Waals surface area contributed by atoms with Crippen molar-refractivity contribution in [3.8, 4) is 0 Å². The van der Waals surface area contributed by atoms with E-state index in [-0.39, 0.29) is 18.8 Å². The summed E-state index contributed by atoms with van der Waals surface area (Å²) >= 11 is 0. The van der Waals surface area contributed by atoms with Gasteiger partial charge in [-0.3, -0.25) is 14.4 Å². The predicted octanol–water partition coefficient (Wildman–Crippen LogP) is 1.49. The lowest BCUT2D eigenvalue weighted by molar-refractivity contribution is -0.158. The fraction of sp³-hybridized carbons (Fsp3) is 0.400. The highest BCUT2D eigenvalue weighted by molar-refractivity contribution is 6.02. The van der Waals surface area contributed by atoms with Crippen molar-refractivity contribution in [1.82, 2.24) is 0 Å². The average molecular weight is 277 g/mol. The van der Waals surface area contributed by atoms with Gasteiger partial charge in [-0.05, 0) is 44.9 Å². The average Bonchev–Trinajstić information content (AvgIpc) is 2.39. The van der Waals surface area contributed by atoms with Crippen molar-refractivity contribution in [2.75, 3.05) is 6.61 Å². The van der Waals surface area contributed by atoms with Crippen molar-refractivity contribution in [3.63, 3.8) is 0 Å². The number of nitrogens with two attached hydrogens (primary N) is 1. The molecule has 0 saturated heterocycles. The SMILES string of the molecule is CCOC(=O)C(C)(Cc1ccc(C(N)=O)cc1)C(C)=O. The molecule has 0 aromatic heterocycles. The smallest absolute Gasteiger partial charge is 0.319 e. The van der Waals surface area contributed by atoms with Crippen LogP contribution in [0.15, 0.2) is 24.3 Å². The number of hydrogen-bond donors (Lipinski definition) is 1. The van der Waals surface area contributed by atoms with E-state index in [1.54, 1.807) is 38.1 Å². The molecule has 1 aromatic rings. The van der Waals surface area contributed by atoms with Crippen LogP contribution < -0.4 is 5.73 Å². The monoisotopic (exact) mass is 277 g/mol. The van der Waals surface area contributed by atoms with Crippen LogP contribution in [0.2, 0.25) is 0 Å². The summed E-state index contributed by atoms with van der Waals surface area (Å²) in [6.45, 7) is 4.85. The van der Waals surface area contributed by atoms with E-state index in [1.807, 2.05) is 0 Å². The number of Topliss-reactive ketones (excluding diaryl/α,β-unsaturated/α-hetero) is 1. The summed E-state index contributed by atoms with van der Waals surface area (Å²) < 4.78 is 4.97. The van der Waals surface area contributed by atoms with Gasteiger partial charge >= 0.3 is 5.97 Å². The maximum atomic E-state index is 12.0. The van der Waals surface area contributed by atoms with Gasteiger partial charge in [-0.25, -0.2) is 0 Å². The van der Waals surface area contributed by atoms with Crippen LogP contribution >= 0.6 is 0 Å². The van der Waals surface area contributed by atoms with Crippen LogP contribution in [-0.4, -0.2) is 24.3 Å². The topological polar surface area (TPSA) is 86.5 Å². The molecule has 2 N–H and O–H groups in total. The van der Waals surface area contributed by atoms with Gasteiger partial charge in [0.05, 0.1) is 6.61 Å². The Hall–Kier alpha value is -2.17. The van der Waals surface area contributed by atoms with Crippen LogP contribution in [0.25, 0.3) is 0 Å². The highest BCUT2D eigenvalue weighted by atomic mass is 16.5. The molecule has 20 heavy (non-hydrogen) atoms. The summed E-state index contributed by atoms with van der Waals surface area (Å²) in [5, 5.41) is 0. The number of rotatable bonds is 6. The van der Waals surface area contributed by atoms with Crippen LogP contribution in [0.4, 0.5) is 0 Å². The van der Waals surface area contributed by atoms with Gasteiger partial charge in [-0.2, -0.15) is 0 Å². The molecule has 0 aliphatic rings. The molecule has 0 radical (unpaired) electrons. The molecule has 0 spiro atoms. The van der Waals surface area contributed by atoms with Crippen LogP contribution in [0.5, 0.6) is 0 Å². The molecule has 108 valence electrons. The van der Waals surface area contributed by atoms with Crippen molar-refractivity contribution >= 4 is 17.7 Å². The number of amides is 1. The minimum atomic E-state index is -1.22. The first-order valence-corrected chi connectivity index (χ1v) is 6.38. The Morgan fingerprint density at radius 1 is 1.20 bits per heavy atom. The van der Waals surface area contributed by atoms with Gasteiger partial charge in [0.1, 0.15) is 11.2 Å². The van der Waals surface area contributed by atoms with E-state index in [4.69, 9.17) is 10.5 Å². The molecule has 5 nitrogen and oxygen atoms in total. The van der Waals surface area contributed by atoms with Crippen molar-refractivity contribution in [1.29, 1.82) is 0 Å². The van der Waals surface area contributed by atoms with Crippen LogP contribution in [0.1, 0.15) is 36.7 Å². The highest BCUT2D eigenvalue weighted by Gasteiger charge is 2.39. The van der Waals surface area contributed by atoms with Crippen molar-refractivity contribution in [2.24, 2.45) is 11.1 Å². The number of esters is 1. The zero-order valence-corrected chi connectivity index (χ0v) is 11.9. The number of ketones is 1. The number of carbonyl (C=O) groups is 3. The minimum Gasteiger partial charge on any atom is -0.465 e. The minimum absolute atomic E-state index is 0.222. The van der Waals surface area contributed by atoms with E-state index in [9.17, 15) is 14.4 Å². The maximum absolute atomic E-state index is 12.0. The Balaban J connectivity index is 2.99. The summed E-state index contributed by atoms with van der Waals surface area (Å²) in [5.74, 6) is -1.31. The van der Waals surface area contributed by atoms with Crippen molar-refractivity contribution in [3.05, 3.63) is 35.4 Å². The highest BCUT2D eigenvalue weighted by Crippen LogP contribution is 2.26. The first kappa shape index (κ1) is 15.9. The largest absolute Gasteiger partial charge is 0.465 e. The van der Waals surface area contributed by atoms with Gasteiger partial charge in [0.2, 0.25) is 5.91 Å². The van der Waals surface area contributed by atoms with Gasteiger partial charge in [0.15, 0.2) is 0 Å². The normalized spacial score (nSPS) is 13.3. The second-order valence-corrected chi connectivity index (χ2v) is 4.85. The summed E-state index contributed by atoms with van der Waals surface area (Å²) in [6.07, 6.45) is 0.222. The molecule has 1 amide bonds. The number of carbonyl (C=O) groups excluding carboxylic acids is 3. The van der Waals surface area contributed by atoms with E-state index in [0.29, 0.717) is 5.56 Å². The van der Waals surface area contributed by atoms with Gasteiger partial charge in [-0.1, -0.05) is 12.1 Å². The predicted molar refractivity (Wildman–Crippen MR) is 74.1 cm³/mol. The number of primary amides is 1. The van der Waals surface area contributed by atoms with Crippen LogP contribution in [0, 0.1) is 5.41 Å². The number of benzene rings is 1. The Morgan fingerprint density at radius 3 is 2.15 bits per heavy atom. The Bertz CT molecular complexity index is 521. The first-order valence-electron chi connectivity index (χ1n) is 6.38. The Morgan fingerprint density at radius 2 is 1.75 bits per heavy atom. The Kier molecular flexibility index (Phi) is 5.02. The molecule has 0 fully saturated rings. The van der Waals surface area contributed by atoms with Crippen LogP contribution in [0.3, 0.4) is 0 Å². The molecule has 5 heteroatoms. The van der Waals surface area contributed by atoms with Crippen LogP contribution in [-0.2, 0) is 20.7 Å². The molecule has 0 saturated carbocycles. The molecule has 1 rings (SSSR count). The fourth-order valence-corrected chi connectivity index (χ4v) is 1.83. The summed E-state index contributed by atoms with van der Waals surface area (Å²) in [7, 11) is 0. The molecular weight excluding hydrogens is 258 g/mol. The van der Waals surface area contributed by atoms with Gasteiger partial charge in [-0.15, -0.1) is 0 Å². The number of hydrogen-bond acceptors (Lipinski definition) is 4. The summed E-state index contributed by atoms with van der Waals surface area (Å²) in [4.78, 5) is 34.7. The zero-order chi connectivity index (χ0) is 15.3. The van der Waals surface area contributed by atoms with E-state index in [2.05, 4.69) is 0 Å².